The summed E-state index contributed by atoms with van der Waals surface area (Å²) >= 11 is 0. The second kappa shape index (κ2) is 8.53. The van der Waals surface area contributed by atoms with Crippen LogP contribution in [0.4, 0.5) is 5.69 Å². The van der Waals surface area contributed by atoms with Crippen molar-refractivity contribution in [2.75, 3.05) is 25.1 Å². The Labute approximate surface area is 147 Å². The number of hydrogen-bond donors (Lipinski definition) is 1. The Morgan fingerprint density at radius 3 is 2.72 bits per heavy atom. The quantitative estimate of drug-likeness (QED) is 0.836. The minimum Gasteiger partial charge on any atom is -0.491 e. The molecule has 25 heavy (non-hydrogen) atoms. The summed E-state index contributed by atoms with van der Waals surface area (Å²) in [6.07, 6.45) is 2.34. The highest BCUT2D eigenvalue weighted by molar-refractivity contribution is 5.91. The molecular formula is C20H23NO4. The van der Waals surface area contributed by atoms with Gasteiger partial charge in [0.25, 0.3) is 5.91 Å². The molecule has 0 bridgehead atoms. The van der Waals surface area contributed by atoms with Gasteiger partial charge in [0.05, 0.1) is 6.10 Å². The van der Waals surface area contributed by atoms with Crippen LogP contribution in [0.3, 0.4) is 0 Å². The number of carbonyl (C=O) groups is 1. The lowest BCUT2D eigenvalue weighted by molar-refractivity contribution is -0.118. The minimum atomic E-state index is -0.200. The number of aryl methyl sites for hydroxylation is 1. The summed E-state index contributed by atoms with van der Waals surface area (Å²) < 4.78 is 16.7. The van der Waals surface area contributed by atoms with E-state index in [4.69, 9.17) is 14.2 Å². The van der Waals surface area contributed by atoms with E-state index in [0.717, 1.165) is 30.8 Å². The lowest BCUT2D eigenvalue weighted by Gasteiger charge is -2.12. The van der Waals surface area contributed by atoms with Gasteiger partial charge < -0.3 is 19.5 Å². The molecule has 2 aromatic rings. The first kappa shape index (κ1) is 17.3. The molecule has 1 atom stereocenters. The molecule has 2 aromatic carbocycles. The number of ether oxygens (including phenoxy) is 3. The molecule has 1 N–H and O–H groups in total. The van der Waals surface area contributed by atoms with Crippen LogP contribution in [0.1, 0.15) is 18.4 Å². The van der Waals surface area contributed by atoms with Gasteiger partial charge in [0.2, 0.25) is 0 Å². The van der Waals surface area contributed by atoms with E-state index in [0.29, 0.717) is 18.0 Å². The molecule has 0 radical (unpaired) electrons. The SMILES string of the molecule is Cc1cccc(OCC(=O)Nc2ccc(OCC3CCCO3)cc2)c1. The van der Waals surface area contributed by atoms with E-state index in [-0.39, 0.29) is 18.6 Å². The van der Waals surface area contributed by atoms with E-state index >= 15 is 0 Å². The van der Waals surface area contributed by atoms with Crippen LogP contribution in [-0.2, 0) is 9.53 Å². The zero-order chi connectivity index (χ0) is 17.5. The Hall–Kier alpha value is -2.53. The minimum absolute atomic E-state index is 0.0271. The average molecular weight is 341 g/mol. The second-order valence-corrected chi connectivity index (χ2v) is 6.12. The molecule has 1 amide bonds. The Bertz CT molecular complexity index is 693. The lowest BCUT2D eigenvalue weighted by Crippen LogP contribution is -2.20. The normalized spacial score (nSPS) is 16.4. The van der Waals surface area contributed by atoms with Crippen LogP contribution >= 0.6 is 0 Å². The van der Waals surface area contributed by atoms with Crippen molar-refractivity contribution in [3.63, 3.8) is 0 Å². The van der Waals surface area contributed by atoms with Crippen molar-refractivity contribution >= 4 is 11.6 Å². The molecule has 1 unspecified atom stereocenters. The van der Waals surface area contributed by atoms with E-state index in [9.17, 15) is 4.79 Å². The molecule has 0 saturated carbocycles. The summed E-state index contributed by atoms with van der Waals surface area (Å²) in [5.74, 6) is 1.26. The topological polar surface area (TPSA) is 56.8 Å². The van der Waals surface area contributed by atoms with Crippen LogP contribution < -0.4 is 14.8 Å². The maximum Gasteiger partial charge on any atom is 0.262 e. The van der Waals surface area contributed by atoms with Gasteiger partial charge in [0, 0.05) is 12.3 Å². The lowest BCUT2D eigenvalue weighted by atomic mass is 10.2. The van der Waals surface area contributed by atoms with Gasteiger partial charge in [-0.1, -0.05) is 12.1 Å². The zero-order valence-electron chi connectivity index (χ0n) is 14.4. The van der Waals surface area contributed by atoms with E-state index in [1.54, 1.807) is 0 Å². The van der Waals surface area contributed by atoms with Crippen LogP contribution in [0.15, 0.2) is 48.5 Å². The van der Waals surface area contributed by atoms with Gasteiger partial charge in [-0.3, -0.25) is 4.79 Å². The third-order valence-corrected chi connectivity index (χ3v) is 3.96. The zero-order valence-corrected chi connectivity index (χ0v) is 14.4. The monoisotopic (exact) mass is 341 g/mol. The number of rotatable bonds is 7. The maximum absolute atomic E-state index is 12.0. The summed E-state index contributed by atoms with van der Waals surface area (Å²) in [5.41, 5.74) is 1.80. The Balaban J connectivity index is 1.43. The molecule has 5 heteroatoms. The third kappa shape index (κ3) is 5.50. The number of benzene rings is 2. The molecule has 1 heterocycles. The molecule has 1 fully saturated rings. The first-order valence-electron chi connectivity index (χ1n) is 8.53. The number of hydrogen-bond acceptors (Lipinski definition) is 4. The van der Waals surface area contributed by atoms with Crippen LogP contribution in [-0.4, -0.2) is 31.8 Å². The first-order valence-corrected chi connectivity index (χ1v) is 8.53. The van der Waals surface area contributed by atoms with Crippen molar-refractivity contribution in [3.05, 3.63) is 54.1 Å². The van der Waals surface area contributed by atoms with Gasteiger partial charge in [-0.2, -0.15) is 0 Å². The third-order valence-electron chi connectivity index (χ3n) is 3.96. The van der Waals surface area contributed by atoms with Crippen molar-refractivity contribution < 1.29 is 19.0 Å². The molecule has 3 rings (SSSR count). The summed E-state index contributed by atoms with van der Waals surface area (Å²) in [5, 5.41) is 2.81. The van der Waals surface area contributed by atoms with Crippen molar-refractivity contribution in [1.29, 1.82) is 0 Å². The molecule has 0 spiro atoms. The predicted octanol–water partition coefficient (Wildman–Crippen LogP) is 3.57. The van der Waals surface area contributed by atoms with Crippen LogP contribution in [0.2, 0.25) is 0 Å². The van der Waals surface area contributed by atoms with E-state index in [2.05, 4.69) is 5.32 Å². The Morgan fingerprint density at radius 2 is 2.00 bits per heavy atom. The molecule has 1 aliphatic heterocycles. The summed E-state index contributed by atoms with van der Waals surface area (Å²) in [4.78, 5) is 12.0. The summed E-state index contributed by atoms with van der Waals surface area (Å²) in [7, 11) is 0. The molecular weight excluding hydrogens is 318 g/mol. The summed E-state index contributed by atoms with van der Waals surface area (Å²) in [6, 6.07) is 14.9. The van der Waals surface area contributed by atoms with E-state index in [1.807, 2.05) is 55.5 Å². The van der Waals surface area contributed by atoms with Crippen molar-refractivity contribution in [1.82, 2.24) is 0 Å². The molecule has 5 nitrogen and oxygen atoms in total. The highest BCUT2D eigenvalue weighted by Gasteiger charge is 2.15. The van der Waals surface area contributed by atoms with Crippen LogP contribution in [0, 0.1) is 6.92 Å². The number of anilines is 1. The molecule has 132 valence electrons. The van der Waals surface area contributed by atoms with E-state index in [1.165, 1.54) is 0 Å². The fourth-order valence-corrected chi connectivity index (χ4v) is 2.65. The van der Waals surface area contributed by atoms with Gasteiger partial charge in [-0.25, -0.2) is 0 Å². The van der Waals surface area contributed by atoms with Crippen molar-refractivity contribution in [2.45, 2.75) is 25.9 Å². The number of carbonyl (C=O) groups excluding carboxylic acids is 1. The molecule has 1 aliphatic rings. The van der Waals surface area contributed by atoms with Gasteiger partial charge in [-0.05, 0) is 61.7 Å². The predicted molar refractivity (Wildman–Crippen MR) is 96.2 cm³/mol. The Morgan fingerprint density at radius 1 is 1.16 bits per heavy atom. The van der Waals surface area contributed by atoms with Crippen molar-refractivity contribution in [2.24, 2.45) is 0 Å². The van der Waals surface area contributed by atoms with Crippen LogP contribution in [0.25, 0.3) is 0 Å². The summed E-state index contributed by atoms with van der Waals surface area (Å²) in [6.45, 7) is 3.34. The van der Waals surface area contributed by atoms with E-state index < -0.39 is 0 Å². The van der Waals surface area contributed by atoms with Crippen LogP contribution in [0.5, 0.6) is 11.5 Å². The highest BCUT2D eigenvalue weighted by Crippen LogP contribution is 2.18. The standard InChI is InChI=1S/C20H23NO4/c1-15-4-2-5-18(12-15)25-14-20(22)21-16-7-9-17(10-8-16)24-13-19-6-3-11-23-19/h2,4-5,7-10,12,19H,3,6,11,13-14H2,1H3,(H,21,22). The maximum atomic E-state index is 12.0. The van der Waals surface area contributed by atoms with Gasteiger partial charge in [0.1, 0.15) is 18.1 Å². The molecule has 0 aromatic heterocycles. The molecule has 1 saturated heterocycles. The van der Waals surface area contributed by atoms with Gasteiger partial charge in [0.15, 0.2) is 6.61 Å². The molecule has 0 aliphatic carbocycles. The first-order chi connectivity index (χ1) is 12.2. The number of nitrogens with one attached hydrogen (secondary N) is 1. The number of amides is 1. The smallest absolute Gasteiger partial charge is 0.262 e. The second-order valence-electron chi connectivity index (χ2n) is 6.12. The van der Waals surface area contributed by atoms with Crippen molar-refractivity contribution in [3.8, 4) is 11.5 Å². The fraction of sp³-hybridized carbons (Fsp3) is 0.350. The van der Waals surface area contributed by atoms with Gasteiger partial charge >= 0.3 is 0 Å². The highest BCUT2D eigenvalue weighted by atomic mass is 16.5. The van der Waals surface area contributed by atoms with Gasteiger partial charge in [-0.15, -0.1) is 0 Å². The Kier molecular flexibility index (Phi) is 5.90. The fourth-order valence-electron chi connectivity index (χ4n) is 2.65. The average Bonchev–Trinajstić information content (AvgIpc) is 3.13. The largest absolute Gasteiger partial charge is 0.491 e.